The van der Waals surface area contributed by atoms with Crippen LogP contribution in [0.4, 0.5) is 5.69 Å². The van der Waals surface area contributed by atoms with Crippen molar-refractivity contribution in [1.29, 1.82) is 0 Å². The van der Waals surface area contributed by atoms with E-state index < -0.39 is 12.0 Å². The predicted octanol–water partition coefficient (Wildman–Crippen LogP) is 5.06. The summed E-state index contributed by atoms with van der Waals surface area (Å²) in [4.78, 5) is 12.0. The lowest BCUT2D eigenvalue weighted by Crippen LogP contribution is -2.19. The third-order valence-corrected chi connectivity index (χ3v) is 5.24. The molecule has 19 heavy (non-hydrogen) atoms. The van der Waals surface area contributed by atoms with Crippen molar-refractivity contribution in [2.24, 2.45) is 0 Å². The Hall–Kier alpha value is -0.750. The molecule has 1 aromatic heterocycles. The topological polar surface area (TPSA) is 49.3 Å². The molecule has 3 nitrogen and oxygen atoms in total. The number of carbonyl (C=O) groups is 1. The van der Waals surface area contributed by atoms with E-state index in [4.69, 9.17) is 23.2 Å². The standard InChI is InChI=1S/C12H8BrCl2NO2S/c13-6-5-9(19-11(6)15)10(12(17)18)16-8-4-2-1-3-7(8)14/h1-5,10,16H,(H,17,18). The molecule has 0 fully saturated rings. The average Bonchev–Trinajstić information content (AvgIpc) is 2.68. The smallest absolute Gasteiger partial charge is 0.331 e. The summed E-state index contributed by atoms with van der Waals surface area (Å²) in [5.41, 5.74) is 0.567. The van der Waals surface area contributed by atoms with E-state index in [-0.39, 0.29) is 0 Å². The fraction of sp³-hybridized carbons (Fsp3) is 0.0833. The molecule has 2 aromatic rings. The lowest BCUT2D eigenvalue weighted by Gasteiger charge is -2.15. The van der Waals surface area contributed by atoms with E-state index in [2.05, 4.69) is 21.2 Å². The third kappa shape index (κ3) is 3.42. The molecule has 1 heterocycles. The van der Waals surface area contributed by atoms with Gasteiger partial charge in [-0.05, 0) is 34.1 Å². The van der Waals surface area contributed by atoms with Crippen molar-refractivity contribution in [2.75, 3.05) is 5.32 Å². The van der Waals surface area contributed by atoms with Gasteiger partial charge in [0.25, 0.3) is 0 Å². The maximum absolute atomic E-state index is 11.4. The van der Waals surface area contributed by atoms with E-state index in [9.17, 15) is 9.90 Å². The van der Waals surface area contributed by atoms with Crippen LogP contribution in [0, 0.1) is 0 Å². The largest absolute Gasteiger partial charge is 0.479 e. The minimum atomic E-state index is -0.995. The Bertz CT molecular complexity index is 598. The van der Waals surface area contributed by atoms with E-state index in [0.717, 1.165) is 0 Å². The van der Waals surface area contributed by atoms with E-state index in [1.807, 2.05) is 0 Å². The van der Waals surface area contributed by atoms with Gasteiger partial charge in [-0.2, -0.15) is 0 Å². The van der Waals surface area contributed by atoms with Gasteiger partial charge in [0.1, 0.15) is 4.34 Å². The van der Waals surface area contributed by atoms with Gasteiger partial charge >= 0.3 is 5.97 Å². The van der Waals surface area contributed by atoms with Crippen LogP contribution in [0.1, 0.15) is 10.9 Å². The molecule has 1 aromatic carbocycles. The van der Waals surface area contributed by atoms with Crippen LogP contribution >= 0.6 is 50.5 Å². The SMILES string of the molecule is O=C(O)C(Nc1ccccc1Cl)c1cc(Br)c(Cl)s1. The van der Waals surface area contributed by atoms with E-state index >= 15 is 0 Å². The molecule has 2 rings (SSSR count). The van der Waals surface area contributed by atoms with Gasteiger partial charge in [0.2, 0.25) is 0 Å². The van der Waals surface area contributed by atoms with Crippen molar-refractivity contribution in [1.82, 2.24) is 0 Å². The zero-order chi connectivity index (χ0) is 14.0. The number of nitrogens with one attached hydrogen (secondary N) is 1. The summed E-state index contributed by atoms with van der Waals surface area (Å²) in [5.74, 6) is -0.995. The Balaban J connectivity index is 2.32. The second-order valence-electron chi connectivity index (χ2n) is 3.67. The molecule has 0 radical (unpaired) electrons. The molecule has 0 spiro atoms. The Labute approximate surface area is 132 Å². The molecule has 0 aliphatic carbocycles. The molecule has 2 N–H and O–H groups in total. The van der Waals surface area contributed by atoms with Crippen LogP contribution in [0.2, 0.25) is 9.36 Å². The first-order valence-electron chi connectivity index (χ1n) is 5.17. The Morgan fingerprint density at radius 2 is 2.05 bits per heavy atom. The van der Waals surface area contributed by atoms with Gasteiger partial charge in [-0.1, -0.05) is 35.3 Å². The number of hydrogen-bond donors (Lipinski definition) is 2. The monoisotopic (exact) mass is 379 g/mol. The van der Waals surface area contributed by atoms with Gasteiger partial charge in [-0.15, -0.1) is 11.3 Å². The molecule has 100 valence electrons. The number of aliphatic carboxylic acids is 1. The maximum atomic E-state index is 11.4. The van der Waals surface area contributed by atoms with Gasteiger partial charge in [-0.25, -0.2) is 4.79 Å². The van der Waals surface area contributed by atoms with Crippen LogP contribution in [0.15, 0.2) is 34.8 Å². The number of thiophene rings is 1. The minimum absolute atomic E-state index is 0.468. The number of para-hydroxylation sites is 1. The Kier molecular flexibility index (Phi) is 4.73. The van der Waals surface area contributed by atoms with Crippen LogP contribution in [0.5, 0.6) is 0 Å². The van der Waals surface area contributed by atoms with Crippen molar-refractivity contribution in [3.63, 3.8) is 0 Å². The number of anilines is 1. The molecule has 0 amide bonds. The van der Waals surface area contributed by atoms with Crippen molar-refractivity contribution in [2.45, 2.75) is 6.04 Å². The zero-order valence-corrected chi connectivity index (χ0v) is 13.3. The highest BCUT2D eigenvalue weighted by molar-refractivity contribution is 9.10. The summed E-state index contributed by atoms with van der Waals surface area (Å²) in [6.07, 6.45) is 0. The number of carboxylic acid groups (broad SMARTS) is 1. The van der Waals surface area contributed by atoms with E-state index in [1.165, 1.54) is 11.3 Å². The molecule has 0 saturated heterocycles. The second kappa shape index (κ2) is 6.13. The molecular formula is C12H8BrCl2NO2S. The van der Waals surface area contributed by atoms with Crippen LogP contribution in [-0.2, 0) is 4.79 Å². The second-order valence-corrected chi connectivity index (χ2v) is 6.61. The van der Waals surface area contributed by atoms with Crippen LogP contribution in [-0.4, -0.2) is 11.1 Å². The molecule has 1 unspecified atom stereocenters. The van der Waals surface area contributed by atoms with Crippen molar-refractivity contribution >= 4 is 62.1 Å². The molecule has 1 atom stereocenters. The molecule has 7 heteroatoms. The maximum Gasteiger partial charge on any atom is 0.331 e. The highest BCUT2D eigenvalue weighted by Gasteiger charge is 2.23. The number of halogens is 3. The number of carboxylic acids is 1. The normalized spacial score (nSPS) is 12.2. The highest BCUT2D eigenvalue weighted by Crippen LogP contribution is 2.37. The van der Waals surface area contributed by atoms with Crippen molar-refractivity contribution in [3.05, 3.63) is 49.0 Å². The fourth-order valence-electron chi connectivity index (χ4n) is 1.49. The Morgan fingerprint density at radius 3 is 2.58 bits per heavy atom. The minimum Gasteiger partial charge on any atom is -0.479 e. The van der Waals surface area contributed by atoms with Gasteiger partial charge in [0.05, 0.1) is 10.7 Å². The van der Waals surface area contributed by atoms with Crippen molar-refractivity contribution in [3.8, 4) is 0 Å². The summed E-state index contributed by atoms with van der Waals surface area (Å²) in [6, 6.07) is 7.78. The third-order valence-electron chi connectivity index (χ3n) is 2.37. The highest BCUT2D eigenvalue weighted by atomic mass is 79.9. The summed E-state index contributed by atoms with van der Waals surface area (Å²) in [6.45, 7) is 0. The molecule has 0 saturated carbocycles. The van der Waals surface area contributed by atoms with E-state index in [1.54, 1.807) is 30.3 Å². The first-order chi connectivity index (χ1) is 8.99. The number of hydrogen-bond acceptors (Lipinski definition) is 3. The van der Waals surface area contributed by atoms with Gasteiger partial charge in [0, 0.05) is 9.35 Å². The zero-order valence-electron chi connectivity index (χ0n) is 9.36. The van der Waals surface area contributed by atoms with Gasteiger partial charge < -0.3 is 10.4 Å². The first-order valence-corrected chi connectivity index (χ1v) is 7.54. The summed E-state index contributed by atoms with van der Waals surface area (Å²) >= 11 is 16.4. The predicted molar refractivity (Wildman–Crippen MR) is 82.5 cm³/mol. The van der Waals surface area contributed by atoms with Gasteiger partial charge in [-0.3, -0.25) is 0 Å². The van der Waals surface area contributed by atoms with E-state index in [0.29, 0.717) is 24.4 Å². The average molecular weight is 381 g/mol. The summed E-state index contributed by atoms with van der Waals surface area (Å²) < 4.78 is 1.20. The Morgan fingerprint density at radius 1 is 1.37 bits per heavy atom. The fourth-order valence-corrected chi connectivity index (χ4v) is 3.46. The van der Waals surface area contributed by atoms with Crippen LogP contribution in [0.25, 0.3) is 0 Å². The van der Waals surface area contributed by atoms with Crippen LogP contribution < -0.4 is 5.32 Å². The number of rotatable bonds is 4. The van der Waals surface area contributed by atoms with Gasteiger partial charge in [0.15, 0.2) is 6.04 Å². The van der Waals surface area contributed by atoms with Crippen molar-refractivity contribution < 1.29 is 9.90 Å². The van der Waals surface area contributed by atoms with Crippen LogP contribution in [0.3, 0.4) is 0 Å². The lowest BCUT2D eigenvalue weighted by molar-refractivity contribution is -0.138. The lowest BCUT2D eigenvalue weighted by atomic mass is 10.2. The number of benzene rings is 1. The molecular weight excluding hydrogens is 373 g/mol. The molecule has 0 bridgehead atoms. The molecule has 0 aliphatic rings. The first kappa shape index (κ1) is 14.7. The summed E-state index contributed by atoms with van der Waals surface area (Å²) in [5, 5.41) is 12.7. The molecule has 0 aliphatic heterocycles. The summed E-state index contributed by atoms with van der Waals surface area (Å²) in [7, 11) is 0. The quantitative estimate of drug-likeness (QED) is 0.779.